The number of rotatable bonds is 9. The number of benzene rings is 1. The zero-order chi connectivity index (χ0) is 28.2. The van der Waals surface area contributed by atoms with Crippen molar-refractivity contribution in [1.29, 1.82) is 0 Å². The smallest absolute Gasteiger partial charge is 0.253 e. The number of nitrogens with two attached hydrogens (primary N) is 1. The second kappa shape index (κ2) is 11.8. The molecule has 1 atom stereocenters. The predicted octanol–water partition coefficient (Wildman–Crippen LogP) is 4.97. The van der Waals surface area contributed by atoms with Gasteiger partial charge in [0.25, 0.3) is 6.43 Å². The molecule has 0 bridgehead atoms. The molecule has 39 heavy (non-hydrogen) atoms. The van der Waals surface area contributed by atoms with Crippen molar-refractivity contribution in [1.82, 2.24) is 24.9 Å². The number of nitrogens with zero attached hydrogens (tertiary/aromatic N) is 6. The van der Waals surface area contributed by atoms with Crippen molar-refractivity contribution in [3.05, 3.63) is 71.6 Å². The molecular formula is C25H24F4N8OS. The van der Waals surface area contributed by atoms with Crippen molar-refractivity contribution >= 4 is 39.5 Å². The van der Waals surface area contributed by atoms with Crippen LogP contribution in [0, 0.1) is 18.6 Å². The summed E-state index contributed by atoms with van der Waals surface area (Å²) in [5.74, 6) is -1.55. The maximum absolute atomic E-state index is 14.7. The zero-order valence-corrected chi connectivity index (χ0v) is 21.9. The summed E-state index contributed by atoms with van der Waals surface area (Å²) >= 11 is 0.599. The number of fused-ring (bicyclic) bond motifs is 1. The Balaban J connectivity index is 1.58. The zero-order valence-electron chi connectivity index (χ0n) is 21.1. The second-order valence-electron chi connectivity index (χ2n) is 8.65. The number of aromatic nitrogens is 5. The highest BCUT2D eigenvalue weighted by Crippen LogP contribution is 2.37. The van der Waals surface area contributed by atoms with Gasteiger partial charge in [-0.05, 0) is 44.0 Å². The monoisotopic (exact) mass is 560 g/mol. The van der Waals surface area contributed by atoms with Gasteiger partial charge in [-0.3, -0.25) is 4.99 Å². The van der Waals surface area contributed by atoms with Crippen molar-refractivity contribution in [3.63, 3.8) is 0 Å². The van der Waals surface area contributed by atoms with Crippen LogP contribution >= 0.6 is 11.8 Å². The summed E-state index contributed by atoms with van der Waals surface area (Å²) in [6.45, 7) is 3.14. The highest BCUT2D eigenvalue weighted by molar-refractivity contribution is 8.15. The maximum Gasteiger partial charge on any atom is 0.253 e. The predicted molar refractivity (Wildman–Crippen MR) is 141 cm³/mol. The average Bonchev–Trinajstić information content (AvgIpc) is 2.90. The Hall–Kier alpha value is -4.07. The van der Waals surface area contributed by atoms with E-state index in [1.807, 2.05) is 6.92 Å². The van der Waals surface area contributed by atoms with Gasteiger partial charge in [-0.15, -0.1) is 0 Å². The first-order valence-electron chi connectivity index (χ1n) is 11.6. The first-order chi connectivity index (χ1) is 18.6. The lowest BCUT2D eigenvalue weighted by Gasteiger charge is -2.28. The molecule has 0 radical (unpaired) electrons. The van der Waals surface area contributed by atoms with Gasteiger partial charge in [0.2, 0.25) is 5.88 Å². The number of hydrogen-bond acceptors (Lipinski definition) is 9. The van der Waals surface area contributed by atoms with Crippen molar-refractivity contribution in [2.75, 3.05) is 12.4 Å². The largest absolute Gasteiger partial charge is 0.468 e. The van der Waals surface area contributed by atoms with Gasteiger partial charge in [0.05, 0.1) is 16.5 Å². The molecule has 9 nitrogen and oxygen atoms in total. The Morgan fingerprint density at radius 1 is 1.15 bits per heavy atom. The van der Waals surface area contributed by atoms with E-state index in [0.29, 0.717) is 28.6 Å². The van der Waals surface area contributed by atoms with E-state index in [4.69, 9.17) is 10.5 Å². The third-order valence-corrected chi connectivity index (χ3v) is 6.74. The SMILES string of the molecule is CN=C(N)S[C@](C)(Cc1cc(Nc2nccc3nc(OCc4nccc(C)n4)cnc23)cc(F)c1F)C(F)F. The van der Waals surface area contributed by atoms with Crippen LogP contribution in [0.4, 0.5) is 29.1 Å². The van der Waals surface area contributed by atoms with Gasteiger partial charge in [-0.2, -0.15) is 0 Å². The highest BCUT2D eigenvalue weighted by atomic mass is 32.2. The van der Waals surface area contributed by atoms with Crippen LogP contribution in [-0.4, -0.2) is 48.3 Å². The Labute approximate surface area is 225 Å². The Morgan fingerprint density at radius 2 is 1.92 bits per heavy atom. The van der Waals surface area contributed by atoms with Crippen LogP contribution in [0.1, 0.15) is 24.0 Å². The van der Waals surface area contributed by atoms with E-state index < -0.39 is 29.2 Å². The number of aryl methyl sites for hydroxylation is 1. The summed E-state index contributed by atoms with van der Waals surface area (Å²) in [6.07, 6.45) is 1.04. The third-order valence-electron chi connectivity index (χ3n) is 5.56. The fraction of sp³-hybridized carbons (Fsp3) is 0.280. The minimum Gasteiger partial charge on any atom is -0.468 e. The number of halogens is 4. The van der Waals surface area contributed by atoms with Crippen LogP contribution in [0.2, 0.25) is 0 Å². The lowest BCUT2D eigenvalue weighted by atomic mass is 9.99. The molecule has 0 aliphatic carbocycles. The van der Waals surface area contributed by atoms with Crippen LogP contribution in [-0.2, 0) is 13.0 Å². The fourth-order valence-corrected chi connectivity index (χ4v) is 4.49. The summed E-state index contributed by atoms with van der Waals surface area (Å²) < 4.78 is 60.8. The van der Waals surface area contributed by atoms with E-state index in [1.54, 1.807) is 18.3 Å². The van der Waals surface area contributed by atoms with Crippen LogP contribution in [0.5, 0.6) is 5.88 Å². The number of hydrogen-bond donors (Lipinski definition) is 2. The number of ether oxygens (including phenoxy) is 1. The first-order valence-corrected chi connectivity index (χ1v) is 12.4. The molecule has 0 saturated carbocycles. The van der Waals surface area contributed by atoms with Gasteiger partial charge in [-0.25, -0.2) is 42.5 Å². The lowest BCUT2D eigenvalue weighted by Crippen LogP contribution is -2.36. The molecule has 4 aromatic rings. The summed E-state index contributed by atoms with van der Waals surface area (Å²) in [5, 5.41) is 2.79. The lowest BCUT2D eigenvalue weighted by molar-refractivity contribution is 0.106. The summed E-state index contributed by atoms with van der Waals surface area (Å²) in [7, 11) is 1.35. The van der Waals surface area contributed by atoms with Crippen molar-refractivity contribution < 1.29 is 22.3 Å². The van der Waals surface area contributed by atoms with E-state index in [9.17, 15) is 17.6 Å². The Kier molecular flexibility index (Phi) is 8.43. The molecular weight excluding hydrogens is 536 g/mol. The topological polar surface area (TPSA) is 124 Å². The molecule has 3 aromatic heterocycles. The minimum atomic E-state index is -2.90. The first kappa shape index (κ1) is 28.0. The van der Waals surface area contributed by atoms with Crippen LogP contribution < -0.4 is 15.8 Å². The number of nitrogens with one attached hydrogen (secondary N) is 1. The van der Waals surface area contributed by atoms with Gasteiger partial charge in [0.15, 0.2) is 28.4 Å². The molecule has 0 fully saturated rings. The highest BCUT2D eigenvalue weighted by Gasteiger charge is 2.38. The fourth-order valence-electron chi connectivity index (χ4n) is 3.60. The quantitative estimate of drug-likeness (QED) is 0.166. The molecule has 0 amide bonds. The third kappa shape index (κ3) is 6.69. The summed E-state index contributed by atoms with van der Waals surface area (Å²) in [6, 6.07) is 5.52. The van der Waals surface area contributed by atoms with Gasteiger partial charge < -0.3 is 15.8 Å². The normalized spacial score (nSPS) is 13.5. The number of aliphatic imine (C=N–C) groups is 1. The number of amidine groups is 1. The van der Waals surface area contributed by atoms with Crippen molar-refractivity contribution in [2.45, 2.75) is 38.0 Å². The summed E-state index contributed by atoms with van der Waals surface area (Å²) in [5.41, 5.74) is 6.98. The van der Waals surface area contributed by atoms with Gasteiger partial charge in [0.1, 0.15) is 12.1 Å². The number of anilines is 2. The van der Waals surface area contributed by atoms with E-state index in [0.717, 1.165) is 11.8 Å². The second-order valence-corrected chi connectivity index (χ2v) is 10.2. The van der Waals surface area contributed by atoms with Crippen LogP contribution in [0.3, 0.4) is 0 Å². The van der Waals surface area contributed by atoms with E-state index >= 15 is 0 Å². The molecule has 0 aliphatic rings. The maximum atomic E-state index is 14.7. The molecule has 4 rings (SSSR count). The van der Waals surface area contributed by atoms with Gasteiger partial charge >= 0.3 is 0 Å². The number of alkyl halides is 2. The molecule has 0 spiro atoms. The molecule has 14 heteroatoms. The van der Waals surface area contributed by atoms with Gasteiger partial charge in [-0.1, -0.05) is 11.8 Å². The van der Waals surface area contributed by atoms with Crippen molar-refractivity contribution in [2.24, 2.45) is 10.7 Å². The Morgan fingerprint density at radius 3 is 2.64 bits per heavy atom. The molecule has 3 N–H and O–H groups in total. The van der Waals surface area contributed by atoms with Crippen LogP contribution in [0.15, 0.2) is 47.8 Å². The van der Waals surface area contributed by atoms with E-state index in [-0.39, 0.29) is 34.7 Å². The molecule has 1 aromatic carbocycles. The summed E-state index contributed by atoms with van der Waals surface area (Å²) in [4.78, 5) is 25.1. The molecule has 204 valence electrons. The standard InChI is InChI=1S/C25H24F4N8OS/c1-13-4-6-32-18(35-13)12-38-19-11-34-21-17(37-19)5-7-33-22(21)36-15-8-14(20(27)16(26)9-15)10-25(2,23(28)29)39-24(30)31-3/h4-9,11,23H,10,12H2,1-3H3,(H2,30,31)(H,33,36)/t25-/m1/s1. The van der Waals surface area contributed by atoms with E-state index in [2.05, 4.69) is 35.2 Å². The van der Waals surface area contributed by atoms with Crippen molar-refractivity contribution in [3.8, 4) is 5.88 Å². The van der Waals surface area contributed by atoms with E-state index in [1.165, 1.54) is 32.4 Å². The number of pyridine rings is 1. The average molecular weight is 561 g/mol. The molecule has 0 unspecified atom stereocenters. The minimum absolute atomic E-state index is 0.0846. The molecule has 3 heterocycles. The van der Waals surface area contributed by atoms with Gasteiger partial charge in [0, 0.05) is 36.9 Å². The molecule has 0 saturated heterocycles. The Bertz CT molecular complexity index is 1520. The number of thioether (sulfide) groups is 1. The molecule has 0 aliphatic heterocycles. The van der Waals surface area contributed by atoms with Crippen LogP contribution in [0.25, 0.3) is 11.0 Å².